The molecule has 9 heteroatoms. The third-order valence-corrected chi connectivity index (χ3v) is 6.86. The molecular weight excluding hydrogens is 452 g/mol. The number of methoxy groups -OCH3 is 3. The van der Waals surface area contributed by atoms with Crippen molar-refractivity contribution < 1.29 is 19.0 Å². The van der Waals surface area contributed by atoms with Crippen molar-refractivity contribution in [3.05, 3.63) is 59.7 Å². The second-order valence-electron chi connectivity index (χ2n) is 7.88. The van der Waals surface area contributed by atoms with Gasteiger partial charge in [-0.1, -0.05) is 17.4 Å². The average Bonchev–Trinajstić information content (AvgIpc) is 3.53. The summed E-state index contributed by atoms with van der Waals surface area (Å²) < 4.78 is 19.4. The molecule has 0 saturated carbocycles. The highest BCUT2D eigenvalue weighted by atomic mass is 32.1. The second kappa shape index (κ2) is 10.1. The van der Waals surface area contributed by atoms with Crippen LogP contribution in [0.1, 0.15) is 27.9 Å². The van der Waals surface area contributed by atoms with Gasteiger partial charge in [-0.05, 0) is 49.6 Å². The SMILES string of the molecule is COc1cc(C(=O)N(CCCn2ccnc2)c2nc3c(C)c(C)ccc3s2)cc(OC)c1OC. The van der Waals surface area contributed by atoms with Gasteiger partial charge in [-0.15, -0.1) is 0 Å². The predicted octanol–water partition coefficient (Wildman–Crippen LogP) is 4.87. The molecule has 1 amide bonds. The number of rotatable bonds is 9. The van der Waals surface area contributed by atoms with Crippen LogP contribution in [0.3, 0.4) is 0 Å². The molecule has 4 rings (SSSR count). The minimum atomic E-state index is -0.182. The van der Waals surface area contributed by atoms with Crippen molar-refractivity contribution in [2.45, 2.75) is 26.8 Å². The maximum atomic E-state index is 13.8. The van der Waals surface area contributed by atoms with Crippen LogP contribution in [0.5, 0.6) is 17.2 Å². The first-order valence-corrected chi connectivity index (χ1v) is 11.7. The highest BCUT2D eigenvalue weighted by Gasteiger charge is 2.25. The molecule has 2 aromatic heterocycles. The quantitative estimate of drug-likeness (QED) is 0.340. The molecule has 2 aromatic carbocycles. The summed E-state index contributed by atoms with van der Waals surface area (Å²) >= 11 is 1.51. The summed E-state index contributed by atoms with van der Waals surface area (Å²) in [6.45, 7) is 5.36. The second-order valence-corrected chi connectivity index (χ2v) is 8.88. The molecule has 0 fully saturated rings. The summed E-state index contributed by atoms with van der Waals surface area (Å²) in [5.41, 5.74) is 3.66. The van der Waals surface area contributed by atoms with E-state index < -0.39 is 0 Å². The lowest BCUT2D eigenvalue weighted by molar-refractivity contribution is 0.0985. The number of amides is 1. The van der Waals surface area contributed by atoms with E-state index >= 15 is 0 Å². The van der Waals surface area contributed by atoms with E-state index in [0.717, 1.165) is 28.7 Å². The summed E-state index contributed by atoms with van der Waals surface area (Å²) in [5.74, 6) is 1.12. The van der Waals surface area contributed by atoms with Crippen LogP contribution in [-0.2, 0) is 6.54 Å². The number of ether oxygens (including phenoxy) is 3. The highest BCUT2D eigenvalue weighted by molar-refractivity contribution is 7.22. The third-order valence-electron chi connectivity index (χ3n) is 5.82. The smallest absolute Gasteiger partial charge is 0.260 e. The molecule has 2 heterocycles. The number of imidazole rings is 1. The highest BCUT2D eigenvalue weighted by Crippen LogP contribution is 2.39. The molecule has 0 unspecified atom stereocenters. The number of thiazole rings is 1. The first kappa shape index (κ1) is 23.6. The van der Waals surface area contributed by atoms with Crippen molar-refractivity contribution in [3.63, 3.8) is 0 Å². The molecule has 34 heavy (non-hydrogen) atoms. The average molecular weight is 481 g/mol. The van der Waals surface area contributed by atoms with Crippen LogP contribution in [0.25, 0.3) is 10.2 Å². The van der Waals surface area contributed by atoms with Crippen molar-refractivity contribution in [3.8, 4) is 17.2 Å². The molecule has 0 spiro atoms. The number of hydrogen-bond donors (Lipinski definition) is 0. The lowest BCUT2D eigenvalue weighted by Gasteiger charge is -2.21. The van der Waals surface area contributed by atoms with E-state index in [2.05, 4.69) is 31.0 Å². The Morgan fingerprint density at radius 3 is 2.44 bits per heavy atom. The Morgan fingerprint density at radius 2 is 1.82 bits per heavy atom. The van der Waals surface area contributed by atoms with Gasteiger partial charge in [0.15, 0.2) is 16.6 Å². The van der Waals surface area contributed by atoms with Gasteiger partial charge in [0.1, 0.15) is 0 Å². The summed E-state index contributed by atoms with van der Waals surface area (Å²) in [6, 6.07) is 7.50. The Kier molecular flexibility index (Phi) is 7.02. The zero-order valence-electron chi connectivity index (χ0n) is 20.0. The Labute approximate surface area is 202 Å². The standard InChI is InChI=1S/C25H28N4O4S/c1-16-7-8-21-22(17(16)2)27-25(34-21)29(11-6-10-28-12-9-26-15-28)24(30)18-13-19(31-3)23(33-5)20(14-18)32-4/h7-9,12-15H,6,10-11H2,1-5H3. The van der Waals surface area contributed by atoms with Gasteiger partial charge < -0.3 is 18.8 Å². The van der Waals surface area contributed by atoms with Gasteiger partial charge in [0.05, 0.1) is 37.9 Å². The Bertz CT molecular complexity index is 1270. The molecule has 8 nitrogen and oxygen atoms in total. The van der Waals surface area contributed by atoms with Crippen molar-refractivity contribution in [2.75, 3.05) is 32.8 Å². The van der Waals surface area contributed by atoms with E-state index in [1.54, 1.807) is 29.6 Å². The van der Waals surface area contributed by atoms with Crippen LogP contribution in [0.15, 0.2) is 43.0 Å². The molecule has 178 valence electrons. The zero-order chi connectivity index (χ0) is 24.2. The summed E-state index contributed by atoms with van der Waals surface area (Å²) in [4.78, 5) is 24.5. The van der Waals surface area contributed by atoms with E-state index in [9.17, 15) is 4.79 Å². The first-order valence-electron chi connectivity index (χ1n) is 10.9. The lowest BCUT2D eigenvalue weighted by Crippen LogP contribution is -2.32. The molecular formula is C25H28N4O4S. The predicted molar refractivity (Wildman–Crippen MR) is 134 cm³/mol. The van der Waals surface area contributed by atoms with E-state index in [4.69, 9.17) is 19.2 Å². The van der Waals surface area contributed by atoms with Crippen LogP contribution < -0.4 is 19.1 Å². The number of benzene rings is 2. The van der Waals surface area contributed by atoms with E-state index in [-0.39, 0.29) is 5.91 Å². The normalized spacial score (nSPS) is 11.0. The zero-order valence-corrected chi connectivity index (χ0v) is 20.8. The van der Waals surface area contributed by atoms with Gasteiger partial charge in [0, 0.05) is 31.0 Å². The number of fused-ring (bicyclic) bond motifs is 1. The minimum absolute atomic E-state index is 0.182. The first-order chi connectivity index (χ1) is 16.5. The van der Waals surface area contributed by atoms with Crippen LogP contribution in [-0.4, -0.2) is 48.3 Å². The van der Waals surface area contributed by atoms with E-state index in [1.807, 2.05) is 10.8 Å². The van der Waals surface area contributed by atoms with Gasteiger partial charge in [-0.3, -0.25) is 9.69 Å². The molecule has 4 aromatic rings. The number of aryl methyl sites for hydroxylation is 3. The number of nitrogens with zero attached hydrogens (tertiary/aromatic N) is 4. The minimum Gasteiger partial charge on any atom is -0.493 e. The number of anilines is 1. The van der Waals surface area contributed by atoms with E-state index in [1.165, 1.54) is 38.2 Å². The number of carbonyl (C=O) groups excluding carboxylic acids is 1. The number of carbonyl (C=O) groups is 1. The molecule has 0 N–H and O–H groups in total. The summed E-state index contributed by atoms with van der Waals surface area (Å²) in [5, 5.41) is 0.660. The topological polar surface area (TPSA) is 78.7 Å². The Balaban J connectivity index is 1.73. The Morgan fingerprint density at radius 1 is 1.09 bits per heavy atom. The van der Waals surface area contributed by atoms with Crippen molar-refractivity contribution in [2.24, 2.45) is 0 Å². The van der Waals surface area contributed by atoms with Crippen LogP contribution >= 0.6 is 11.3 Å². The molecule has 0 atom stereocenters. The van der Waals surface area contributed by atoms with E-state index in [0.29, 0.717) is 34.5 Å². The van der Waals surface area contributed by atoms with Crippen LogP contribution in [0, 0.1) is 13.8 Å². The fourth-order valence-electron chi connectivity index (χ4n) is 3.80. The van der Waals surface area contributed by atoms with Gasteiger partial charge in [0.2, 0.25) is 5.75 Å². The lowest BCUT2D eigenvalue weighted by atomic mass is 10.1. The largest absolute Gasteiger partial charge is 0.493 e. The number of hydrogen-bond acceptors (Lipinski definition) is 7. The van der Waals surface area contributed by atoms with Crippen molar-refractivity contribution in [1.29, 1.82) is 0 Å². The molecule has 0 aliphatic rings. The Hall–Kier alpha value is -3.59. The van der Waals surface area contributed by atoms with Gasteiger partial charge in [-0.2, -0.15) is 0 Å². The maximum Gasteiger partial charge on any atom is 0.260 e. The fourth-order valence-corrected chi connectivity index (χ4v) is 4.85. The van der Waals surface area contributed by atoms with Gasteiger partial charge >= 0.3 is 0 Å². The van der Waals surface area contributed by atoms with Gasteiger partial charge in [-0.25, -0.2) is 9.97 Å². The fraction of sp³-hybridized carbons (Fsp3) is 0.320. The van der Waals surface area contributed by atoms with Crippen LogP contribution in [0.2, 0.25) is 0 Å². The molecule has 0 aliphatic heterocycles. The number of aromatic nitrogens is 3. The summed E-state index contributed by atoms with van der Waals surface area (Å²) in [7, 11) is 4.61. The molecule has 0 aliphatic carbocycles. The van der Waals surface area contributed by atoms with Crippen LogP contribution in [0.4, 0.5) is 5.13 Å². The molecule has 0 radical (unpaired) electrons. The third kappa shape index (κ3) is 4.56. The molecule has 0 bridgehead atoms. The van der Waals surface area contributed by atoms with Crippen molar-refractivity contribution in [1.82, 2.24) is 14.5 Å². The maximum absolute atomic E-state index is 13.8. The summed E-state index contributed by atoms with van der Waals surface area (Å²) in [6.07, 6.45) is 6.17. The monoisotopic (exact) mass is 480 g/mol. The van der Waals surface area contributed by atoms with Gasteiger partial charge in [0.25, 0.3) is 5.91 Å². The van der Waals surface area contributed by atoms with Crippen molar-refractivity contribution >= 4 is 32.6 Å². The molecule has 0 saturated heterocycles.